The molecule has 0 atom stereocenters. The summed E-state index contributed by atoms with van der Waals surface area (Å²) in [6, 6.07) is 5.75. The highest BCUT2D eigenvalue weighted by atomic mass is 16.7. The van der Waals surface area contributed by atoms with Gasteiger partial charge in [-0.25, -0.2) is 0 Å². The first-order valence-electron chi connectivity index (χ1n) is 6.18. The summed E-state index contributed by atoms with van der Waals surface area (Å²) in [5.74, 6) is 1.24. The smallest absolute Gasteiger partial charge is 0.231 e. The Morgan fingerprint density at radius 3 is 2.74 bits per heavy atom. The molecule has 0 aliphatic carbocycles. The molecule has 1 aliphatic rings. The molecule has 5 nitrogen and oxygen atoms in total. The molecular formula is C14H17NO4. The third-order valence-electron chi connectivity index (χ3n) is 3.00. The molecule has 0 unspecified atom stereocenters. The number of ketones is 1. The van der Waals surface area contributed by atoms with Gasteiger partial charge in [-0.1, -0.05) is 6.07 Å². The minimum absolute atomic E-state index is 0.0301. The van der Waals surface area contributed by atoms with E-state index in [1.807, 2.05) is 18.2 Å². The molecule has 0 fully saturated rings. The van der Waals surface area contributed by atoms with Crippen LogP contribution in [0.5, 0.6) is 11.5 Å². The number of rotatable bonds is 5. The highest BCUT2D eigenvalue weighted by molar-refractivity contribution is 5.96. The maximum Gasteiger partial charge on any atom is 0.231 e. The molecule has 5 heteroatoms. The summed E-state index contributed by atoms with van der Waals surface area (Å²) in [7, 11) is 1.71. The molecule has 0 saturated carbocycles. The number of likely N-dealkylation sites (N-methyl/N-ethyl adjacent to an activating group) is 1. The number of carbonyl (C=O) groups is 2. The lowest BCUT2D eigenvalue weighted by Gasteiger charge is -2.16. The summed E-state index contributed by atoms with van der Waals surface area (Å²) >= 11 is 0. The Bertz CT molecular complexity index is 498. The van der Waals surface area contributed by atoms with Gasteiger partial charge < -0.3 is 14.4 Å². The van der Waals surface area contributed by atoms with Crippen molar-refractivity contribution < 1.29 is 19.1 Å². The van der Waals surface area contributed by atoms with Gasteiger partial charge in [-0.15, -0.1) is 0 Å². The number of nitrogens with zero attached hydrogens (tertiary/aromatic N) is 1. The third-order valence-corrected chi connectivity index (χ3v) is 3.00. The fraction of sp³-hybridized carbons (Fsp3) is 0.429. The van der Waals surface area contributed by atoms with Crippen molar-refractivity contribution in [3.05, 3.63) is 23.8 Å². The van der Waals surface area contributed by atoms with Gasteiger partial charge in [0.05, 0.1) is 6.42 Å². The minimum atomic E-state index is -0.145. The fourth-order valence-corrected chi connectivity index (χ4v) is 1.87. The Balaban J connectivity index is 1.88. The lowest BCUT2D eigenvalue weighted by atomic mass is 10.1. The summed E-state index contributed by atoms with van der Waals surface area (Å²) < 4.78 is 10.5. The van der Waals surface area contributed by atoms with Gasteiger partial charge in [-0.05, 0) is 31.0 Å². The van der Waals surface area contributed by atoms with Crippen LogP contribution in [-0.2, 0) is 16.0 Å². The van der Waals surface area contributed by atoms with E-state index in [1.165, 1.54) is 6.92 Å². The third kappa shape index (κ3) is 3.47. The fourth-order valence-electron chi connectivity index (χ4n) is 1.87. The van der Waals surface area contributed by atoms with Crippen LogP contribution in [0.3, 0.4) is 0 Å². The quantitative estimate of drug-likeness (QED) is 0.753. The van der Waals surface area contributed by atoms with Gasteiger partial charge in [-0.2, -0.15) is 0 Å². The molecule has 0 spiro atoms. The van der Waals surface area contributed by atoms with E-state index in [2.05, 4.69) is 0 Å². The zero-order chi connectivity index (χ0) is 13.8. The summed E-state index contributed by atoms with van der Waals surface area (Å²) in [6.45, 7) is 2.26. The summed E-state index contributed by atoms with van der Waals surface area (Å²) in [6.07, 6.45) is 0.689. The molecule has 0 N–H and O–H groups in total. The maximum atomic E-state index is 11.6. The van der Waals surface area contributed by atoms with Crippen molar-refractivity contribution in [1.82, 2.24) is 4.90 Å². The van der Waals surface area contributed by atoms with E-state index in [-0.39, 0.29) is 24.9 Å². The van der Waals surface area contributed by atoms with Crippen molar-refractivity contribution in [3.63, 3.8) is 0 Å². The van der Waals surface area contributed by atoms with Crippen LogP contribution in [0.25, 0.3) is 0 Å². The van der Waals surface area contributed by atoms with Gasteiger partial charge in [0, 0.05) is 13.6 Å². The Kier molecular flexibility index (Phi) is 4.04. The predicted molar refractivity (Wildman–Crippen MR) is 69.2 cm³/mol. The zero-order valence-corrected chi connectivity index (χ0v) is 11.1. The number of Topliss-reactive ketones (excluding diaryl/α,β-unsaturated/α-hetero) is 1. The van der Waals surface area contributed by atoms with E-state index in [4.69, 9.17) is 9.47 Å². The monoisotopic (exact) mass is 263 g/mol. The number of hydrogen-bond acceptors (Lipinski definition) is 4. The summed E-state index contributed by atoms with van der Waals surface area (Å²) in [5.41, 5.74) is 1.08. The predicted octanol–water partition coefficient (Wildman–Crippen LogP) is 1.40. The van der Waals surface area contributed by atoms with Gasteiger partial charge in [0.15, 0.2) is 11.5 Å². The number of hydrogen-bond donors (Lipinski definition) is 0. The van der Waals surface area contributed by atoms with Gasteiger partial charge >= 0.3 is 0 Å². The second-order valence-electron chi connectivity index (χ2n) is 4.63. The van der Waals surface area contributed by atoms with Crippen molar-refractivity contribution in [2.75, 3.05) is 20.4 Å². The second-order valence-corrected chi connectivity index (χ2v) is 4.63. The van der Waals surface area contributed by atoms with Crippen LogP contribution in [0.2, 0.25) is 0 Å². The van der Waals surface area contributed by atoms with E-state index in [1.54, 1.807) is 11.9 Å². The van der Waals surface area contributed by atoms with Crippen LogP contribution >= 0.6 is 0 Å². The molecule has 0 aromatic heterocycles. The summed E-state index contributed by atoms with van der Waals surface area (Å²) in [5, 5.41) is 0. The van der Waals surface area contributed by atoms with Crippen LogP contribution in [0.4, 0.5) is 0 Å². The lowest BCUT2D eigenvalue weighted by molar-refractivity contribution is -0.133. The standard InChI is InChI=1S/C14H17NO4/c1-10(16)7-14(17)15(2)6-5-11-3-4-12-13(8-11)19-9-18-12/h3-4,8H,5-7,9H2,1-2H3. The second kappa shape index (κ2) is 5.73. The molecule has 0 saturated heterocycles. The molecule has 1 heterocycles. The van der Waals surface area contributed by atoms with Crippen molar-refractivity contribution in [3.8, 4) is 11.5 Å². The molecule has 1 aromatic rings. The Morgan fingerprint density at radius 1 is 1.26 bits per heavy atom. The Morgan fingerprint density at radius 2 is 2.00 bits per heavy atom. The molecule has 2 rings (SSSR count). The largest absolute Gasteiger partial charge is 0.454 e. The highest BCUT2D eigenvalue weighted by Crippen LogP contribution is 2.32. The number of carbonyl (C=O) groups excluding carboxylic acids is 2. The van der Waals surface area contributed by atoms with Crippen LogP contribution in [-0.4, -0.2) is 37.0 Å². The molecule has 0 bridgehead atoms. The summed E-state index contributed by atoms with van der Waals surface area (Å²) in [4.78, 5) is 24.1. The van der Waals surface area contributed by atoms with Crippen LogP contribution < -0.4 is 9.47 Å². The van der Waals surface area contributed by atoms with E-state index < -0.39 is 0 Å². The first-order chi connectivity index (χ1) is 9.06. The lowest BCUT2D eigenvalue weighted by Crippen LogP contribution is -2.30. The van der Waals surface area contributed by atoms with Gasteiger partial charge in [0.2, 0.25) is 12.7 Å². The zero-order valence-electron chi connectivity index (χ0n) is 11.1. The average molecular weight is 263 g/mol. The van der Waals surface area contributed by atoms with Crippen molar-refractivity contribution in [1.29, 1.82) is 0 Å². The first kappa shape index (κ1) is 13.4. The molecular weight excluding hydrogens is 246 g/mol. The molecule has 0 radical (unpaired) electrons. The Hall–Kier alpha value is -2.04. The van der Waals surface area contributed by atoms with E-state index in [0.29, 0.717) is 6.54 Å². The number of fused-ring (bicyclic) bond motifs is 1. The Labute approximate surface area is 112 Å². The van der Waals surface area contributed by atoms with Gasteiger partial charge in [0.1, 0.15) is 5.78 Å². The first-order valence-corrected chi connectivity index (χ1v) is 6.18. The van der Waals surface area contributed by atoms with E-state index in [9.17, 15) is 9.59 Å². The van der Waals surface area contributed by atoms with Crippen LogP contribution in [0, 0.1) is 0 Å². The van der Waals surface area contributed by atoms with Gasteiger partial charge in [0.25, 0.3) is 0 Å². The van der Waals surface area contributed by atoms with Gasteiger partial charge in [-0.3, -0.25) is 9.59 Å². The highest BCUT2D eigenvalue weighted by Gasteiger charge is 2.14. The maximum absolute atomic E-state index is 11.6. The average Bonchev–Trinajstić information content (AvgIpc) is 2.82. The van der Waals surface area contributed by atoms with E-state index in [0.717, 1.165) is 23.5 Å². The van der Waals surface area contributed by atoms with Crippen molar-refractivity contribution in [2.45, 2.75) is 19.8 Å². The normalized spacial score (nSPS) is 12.3. The van der Waals surface area contributed by atoms with Crippen molar-refractivity contribution in [2.24, 2.45) is 0 Å². The molecule has 1 aliphatic heterocycles. The minimum Gasteiger partial charge on any atom is -0.454 e. The molecule has 102 valence electrons. The topological polar surface area (TPSA) is 55.8 Å². The molecule has 1 amide bonds. The SMILES string of the molecule is CC(=O)CC(=O)N(C)CCc1ccc2c(c1)OCO2. The number of ether oxygens (including phenoxy) is 2. The number of amides is 1. The van der Waals surface area contributed by atoms with Crippen LogP contribution in [0.1, 0.15) is 18.9 Å². The number of benzene rings is 1. The van der Waals surface area contributed by atoms with Crippen molar-refractivity contribution >= 4 is 11.7 Å². The molecule has 19 heavy (non-hydrogen) atoms. The molecule has 1 aromatic carbocycles. The van der Waals surface area contributed by atoms with E-state index >= 15 is 0 Å². The van der Waals surface area contributed by atoms with Crippen LogP contribution in [0.15, 0.2) is 18.2 Å².